The van der Waals surface area contributed by atoms with Gasteiger partial charge in [-0.25, -0.2) is 4.79 Å². The summed E-state index contributed by atoms with van der Waals surface area (Å²) in [6.07, 6.45) is 4.13. The van der Waals surface area contributed by atoms with Gasteiger partial charge in [0.25, 0.3) is 0 Å². The van der Waals surface area contributed by atoms with Gasteiger partial charge in [-0.05, 0) is 31.4 Å². The van der Waals surface area contributed by atoms with Crippen molar-refractivity contribution in [1.82, 2.24) is 0 Å². The normalized spacial score (nSPS) is 22.6. The zero-order valence-corrected chi connectivity index (χ0v) is 14.6. The fourth-order valence-corrected chi connectivity index (χ4v) is 3.01. The first-order valence-corrected chi connectivity index (χ1v) is 8.65. The molecule has 1 heterocycles. The largest absolute Gasteiger partial charge is 0.457 e. The molecule has 0 unspecified atom stereocenters. The second-order valence-corrected chi connectivity index (χ2v) is 5.83. The molecule has 1 aliphatic rings. The Bertz CT molecular complexity index is 581. The molecule has 5 heteroatoms. The summed E-state index contributed by atoms with van der Waals surface area (Å²) in [6.45, 7) is 6.13. The number of rotatable bonds is 9. The Morgan fingerprint density at radius 2 is 2.12 bits per heavy atom. The summed E-state index contributed by atoms with van der Waals surface area (Å²) >= 11 is 0. The minimum absolute atomic E-state index is 0.00505. The molecule has 0 aromatic heterocycles. The molecule has 2 rings (SSSR count). The summed E-state index contributed by atoms with van der Waals surface area (Å²) < 4.78 is 16.7. The van der Waals surface area contributed by atoms with E-state index in [-0.39, 0.29) is 30.8 Å². The Balaban J connectivity index is 2.34. The monoisotopic (exact) mass is 346 g/mol. The van der Waals surface area contributed by atoms with Crippen molar-refractivity contribution < 1.29 is 24.1 Å². The van der Waals surface area contributed by atoms with E-state index in [9.17, 15) is 9.90 Å². The molecule has 0 amide bonds. The van der Waals surface area contributed by atoms with E-state index >= 15 is 0 Å². The lowest BCUT2D eigenvalue weighted by Gasteiger charge is -2.36. The van der Waals surface area contributed by atoms with Crippen LogP contribution >= 0.6 is 0 Å². The van der Waals surface area contributed by atoms with Crippen LogP contribution in [0.25, 0.3) is 0 Å². The number of benzene rings is 1. The quantitative estimate of drug-likeness (QED) is 0.550. The van der Waals surface area contributed by atoms with Crippen LogP contribution in [-0.4, -0.2) is 37.2 Å². The molecule has 1 aliphatic heterocycles. The van der Waals surface area contributed by atoms with Crippen LogP contribution in [0.1, 0.15) is 31.2 Å². The van der Waals surface area contributed by atoms with Crippen molar-refractivity contribution in [2.75, 3.05) is 19.8 Å². The van der Waals surface area contributed by atoms with E-state index in [2.05, 4.69) is 6.58 Å². The maximum Gasteiger partial charge on any atom is 0.373 e. The molecule has 5 nitrogen and oxygen atoms in total. The fourth-order valence-electron chi connectivity index (χ4n) is 3.01. The van der Waals surface area contributed by atoms with Gasteiger partial charge in [0.1, 0.15) is 6.61 Å². The van der Waals surface area contributed by atoms with Crippen LogP contribution in [0.2, 0.25) is 0 Å². The maximum atomic E-state index is 12.2. The lowest BCUT2D eigenvalue weighted by molar-refractivity contribution is -0.175. The molecule has 136 valence electrons. The van der Waals surface area contributed by atoms with E-state index in [1.807, 2.05) is 37.3 Å². The highest BCUT2D eigenvalue weighted by Gasteiger charge is 2.38. The van der Waals surface area contributed by atoms with Crippen molar-refractivity contribution in [1.29, 1.82) is 0 Å². The van der Waals surface area contributed by atoms with Crippen LogP contribution in [0.15, 0.2) is 54.8 Å². The third-order valence-electron chi connectivity index (χ3n) is 4.13. The topological polar surface area (TPSA) is 65.0 Å². The minimum atomic E-state index is -0.557. The maximum absolute atomic E-state index is 12.2. The molecule has 0 saturated carbocycles. The van der Waals surface area contributed by atoms with Crippen LogP contribution in [0.4, 0.5) is 0 Å². The van der Waals surface area contributed by atoms with Gasteiger partial charge in [-0.15, -0.1) is 0 Å². The number of aliphatic hydroxyl groups is 1. The van der Waals surface area contributed by atoms with E-state index in [0.717, 1.165) is 12.0 Å². The fraction of sp³-hybridized carbons (Fsp3) is 0.450. The number of allylic oxidation sites excluding steroid dienone is 1. The second kappa shape index (κ2) is 10.0. The lowest BCUT2D eigenvalue weighted by Crippen LogP contribution is -2.36. The minimum Gasteiger partial charge on any atom is -0.457 e. The van der Waals surface area contributed by atoms with Gasteiger partial charge in [0, 0.05) is 25.0 Å². The van der Waals surface area contributed by atoms with Gasteiger partial charge >= 0.3 is 5.97 Å². The Labute approximate surface area is 148 Å². The van der Waals surface area contributed by atoms with Crippen molar-refractivity contribution in [3.8, 4) is 0 Å². The third kappa shape index (κ3) is 5.18. The molecular formula is C20H26O5. The van der Waals surface area contributed by atoms with Crippen LogP contribution in [0.5, 0.6) is 0 Å². The van der Waals surface area contributed by atoms with Gasteiger partial charge in [-0.2, -0.15) is 0 Å². The van der Waals surface area contributed by atoms with Crippen molar-refractivity contribution in [2.24, 2.45) is 5.92 Å². The predicted octanol–water partition coefficient (Wildman–Crippen LogP) is 3.16. The lowest BCUT2D eigenvalue weighted by atomic mass is 9.80. The number of aliphatic hydroxyl groups excluding tert-OH is 1. The molecular weight excluding hydrogens is 320 g/mol. The molecule has 0 fully saturated rings. The van der Waals surface area contributed by atoms with Crippen molar-refractivity contribution >= 4 is 5.97 Å². The van der Waals surface area contributed by atoms with E-state index in [0.29, 0.717) is 13.0 Å². The van der Waals surface area contributed by atoms with E-state index in [1.54, 1.807) is 6.08 Å². The number of carbonyl (C=O) groups excluding carboxylic acids is 1. The van der Waals surface area contributed by atoms with Crippen LogP contribution in [0.3, 0.4) is 0 Å². The number of hydrogen-bond donors (Lipinski definition) is 1. The Hall–Kier alpha value is -2.11. The van der Waals surface area contributed by atoms with Gasteiger partial charge in [-0.1, -0.05) is 43.0 Å². The molecule has 0 radical (unpaired) electrons. The Morgan fingerprint density at radius 3 is 2.76 bits per heavy atom. The molecule has 0 spiro atoms. The highest BCUT2D eigenvalue weighted by Crippen LogP contribution is 2.39. The van der Waals surface area contributed by atoms with Gasteiger partial charge in [0.2, 0.25) is 12.0 Å². The summed E-state index contributed by atoms with van der Waals surface area (Å²) in [6, 6.07) is 9.93. The summed E-state index contributed by atoms with van der Waals surface area (Å²) in [5.74, 6) is -0.407. The predicted molar refractivity (Wildman–Crippen MR) is 94.7 cm³/mol. The summed E-state index contributed by atoms with van der Waals surface area (Å²) in [7, 11) is 0. The SMILES string of the molecule is C=CCOC(=O)C1=C[C@H](c2ccccc2)[C@@H](CCCO)[C@H](OCC)O1. The first-order chi connectivity index (χ1) is 12.2. The number of carbonyl (C=O) groups is 1. The molecule has 0 saturated heterocycles. The zero-order chi connectivity index (χ0) is 18.1. The smallest absolute Gasteiger partial charge is 0.373 e. The third-order valence-corrected chi connectivity index (χ3v) is 4.13. The zero-order valence-electron chi connectivity index (χ0n) is 14.6. The van der Waals surface area contributed by atoms with Crippen molar-refractivity contribution in [2.45, 2.75) is 32.0 Å². The number of esters is 1. The van der Waals surface area contributed by atoms with Gasteiger partial charge in [-0.3, -0.25) is 0 Å². The Morgan fingerprint density at radius 1 is 1.36 bits per heavy atom. The molecule has 1 aromatic rings. The summed E-state index contributed by atoms with van der Waals surface area (Å²) in [5.41, 5.74) is 1.08. The van der Waals surface area contributed by atoms with Crippen molar-refractivity contribution in [3.05, 3.63) is 60.4 Å². The van der Waals surface area contributed by atoms with Crippen LogP contribution < -0.4 is 0 Å². The summed E-state index contributed by atoms with van der Waals surface area (Å²) in [4.78, 5) is 12.2. The van der Waals surface area contributed by atoms with E-state index in [1.165, 1.54) is 6.08 Å². The average Bonchev–Trinajstić information content (AvgIpc) is 2.65. The molecule has 25 heavy (non-hydrogen) atoms. The van der Waals surface area contributed by atoms with Gasteiger partial charge < -0.3 is 19.3 Å². The van der Waals surface area contributed by atoms with Gasteiger partial charge in [0.05, 0.1) is 0 Å². The number of ether oxygens (including phenoxy) is 3. The average molecular weight is 346 g/mol. The molecule has 3 atom stereocenters. The molecule has 0 aliphatic carbocycles. The molecule has 1 N–H and O–H groups in total. The highest BCUT2D eigenvalue weighted by molar-refractivity contribution is 5.86. The highest BCUT2D eigenvalue weighted by atomic mass is 16.7. The van der Waals surface area contributed by atoms with Crippen LogP contribution in [0, 0.1) is 5.92 Å². The first-order valence-electron chi connectivity index (χ1n) is 8.65. The van der Waals surface area contributed by atoms with E-state index in [4.69, 9.17) is 14.2 Å². The molecule has 1 aromatic carbocycles. The van der Waals surface area contributed by atoms with Crippen molar-refractivity contribution in [3.63, 3.8) is 0 Å². The standard InChI is InChI=1S/C20H26O5/c1-3-13-24-19(22)18-14-17(15-9-6-5-7-10-15)16(11-8-12-21)20(25-18)23-4-2/h3,5-7,9-10,14,16-17,20-21H,1,4,8,11-13H2,2H3/t16-,17-,20-/m1/s1. The van der Waals surface area contributed by atoms with Crippen LogP contribution in [-0.2, 0) is 19.0 Å². The van der Waals surface area contributed by atoms with Gasteiger partial charge in [0.15, 0.2) is 0 Å². The Kier molecular flexibility index (Phi) is 7.70. The summed E-state index contributed by atoms with van der Waals surface area (Å²) in [5, 5.41) is 9.23. The number of hydrogen-bond acceptors (Lipinski definition) is 5. The van der Waals surface area contributed by atoms with E-state index < -0.39 is 12.3 Å². The second-order valence-electron chi connectivity index (χ2n) is 5.83. The first kappa shape index (κ1) is 19.2. The molecule has 0 bridgehead atoms.